The first kappa shape index (κ1) is 30.5. The van der Waals surface area contributed by atoms with E-state index in [0.29, 0.717) is 24.9 Å². The van der Waals surface area contributed by atoms with Crippen molar-refractivity contribution in [3.05, 3.63) is 122 Å². The summed E-state index contributed by atoms with van der Waals surface area (Å²) in [6.45, 7) is 2.83. The lowest BCUT2D eigenvalue weighted by Gasteiger charge is -2.39. The molecular formula is C58H42O2. The SMILES string of the molecule is CCCCCCCCOC(=O)CCCC1(c2ccccc2)C23C4=CC5Cc6cc7c8c9c(cc%10c%11c%12c%13c(cc%14cc(c%15c(c%16c(c%17c(c6c8c%17c(c9%11)c%16%12)C512)C%153)c%14%13)=C4)C%10)C7. The smallest absolute Gasteiger partial charge is 0.305 e. The lowest BCUT2D eigenvalue weighted by Crippen LogP contribution is -2.36. The van der Waals surface area contributed by atoms with Crippen LogP contribution in [-0.4, -0.2) is 12.6 Å². The molecule has 5 unspecified atom stereocenters. The molecule has 10 aromatic carbocycles. The number of benzene rings is 7. The molecule has 0 amide bonds. The van der Waals surface area contributed by atoms with Crippen molar-refractivity contribution in [2.45, 2.75) is 101 Å². The minimum Gasteiger partial charge on any atom is -0.466 e. The zero-order chi connectivity index (χ0) is 38.5. The van der Waals surface area contributed by atoms with Gasteiger partial charge >= 0.3 is 5.97 Å². The lowest BCUT2D eigenvalue weighted by molar-refractivity contribution is -0.143. The molecule has 8 aliphatic rings. The highest BCUT2D eigenvalue weighted by Gasteiger charge is 2.95. The van der Waals surface area contributed by atoms with E-state index >= 15 is 0 Å². The molecule has 0 aliphatic heterocycles. The van der Waals surface area contributed by atoms with Crippen molar-refractivity contribution in [1.82, 2.24) is 0 Å². The summed E-state index contributed by atoms with van der Waals surface area (Å²) in [7, 11) is 0. The van der Waals surface area contributed by atoms with Crippen LogP contribution in [0.2, 0.25) is 0 Å². The fourth-order valence-electron chi connectivity index (χ4n) is 18.3. The van der Waals surface area contributed by atoms with E-state index < -0.39 is 0 Å². The maximum Gasteiger partial charge on any atom is 0.305 e. The zero-order valence-electron chi connectivity index (χ0n) is 34.0. The van der Waals surface area contributed by atoms with Crippen molar-refractivity contribution in [3.8, 4) is 0 Å². The molecule has 18 rings (SSSR count). The van der Waals surface area contributed by atoms with Crippen LogP contribution in [0, 0.1) is 11.3 Å². The van der Waals surface area contributed by atoms with E-state index in [1.54, 1.807) is 131 Å². The van der Waals surface area contributed by atoms with E-state index in [1.807, 2.05) is 0 Å². The van der Waals surface area contributed by atoms with Crippen molar-refractivity contribution >= 4 is 98.2 Å². The molecule has 0 heterocycles. The van der Waals surface area contributed by atoms with E-state index in [1.165, 1.54) is 41.9 Å². The van der Waals surface area contributed by atoms with Crippen LogP contribution in [0.3, 0.4) is 0 Å². The van der Waals surface area contributed by atoms with E-state index in [9.17, 15) is 4.79 Å². The Labute approximate surface area is 346 Å². The van der Waals surface area contributed by atoms with Gasteiger partial charge in [-0.3, -0.25) is 4.79 Å². The average Bonchev–Trinajstić information content (AvgIpc) is 3.97. The Morgan fingerprint density at radius 3 is 2.13 bits per heavy atom. The number of unbranched alkanes of at least 4 members (excludes halogenated alkanes) is 5. The third-order valence-corrected chi connectivity index (χ3v) is 19.3. The molecule has 286 valence electrons. The highest BCUT2D eigenvalue weighted by molar-refractivity contribution is 6.57. The topological polar surface area (TPSA) is 26.3 Å². The molecular weight excluding hydrogens is 729 g/mol. The number of esters is 1. The molecule has 0 saturated heterocycles. The first-order chi connectivity index (χ1) is 29.6. The number of carbonyl (C=O) groups is 1. The Morgan fingerprint density at radius 2 is 1.30 bits per heavy atom. The van der Waals surface area contributed by atoms with Gasteiger partial charge in [0.15, 0.2) is 0 Å². The van der Waals surface area contributed by atoms with Crippen molar-refractivity contribution in [3.63, 3.8) is 0 Å². The van der Waals surface area contributed by atoms with Gasteiger partial charge in [-0.15, -0.1) is 0 Å². The normalized spacial score (nSPS) is 27.1. The molecule has 60 heavy (non-hydrogen) atoms. The van der Waals surface area contributed by atoms with Crippen molar-refractivity contribution in [2.24, 2.45) is 11.3 Å². The van der Waals surface area contributed by atoms with E-state index in [4.69, 9.17) is 4.74 Å². The first-order valence-corrected chi connectivity index (χ1v) is 23.6. The van der Waals surface area contributed by atoms with Gasteiger partial charge in [0.2, 0.25) is 0 Å². The van der Waals surface area contributed by atoms with Crippen molar-refractivity contribution in [1.29, 1.82) is 0 Å². The summed E-state index contributed by atoms with van der Waals surface area (Å²) in [5, 5.41) is 27.2. The van der Waals surface area contributed by atoms with E-state index in [2.05, 4.69) is 73.7 Å². The number of hydrogen-bond acceptors (Lipinski definition) is 2. The highest BCUT2D eigenvalue weighted by Crippen LogP contribution is 2.97. The van der Waals surface area contributed by atoms with Crippen molar-refractivity contribution in [2.75, 3.05) is 6.61 Å². The molecule has 1 fully saturated rings. The number of rotatable bonds is 12. The lowest BCUT2D eigenvalue weighted by atomic mass is 9.62. The Balaban J connectivity index is 0.960. The van der Waals surface area contributed by atoms with Crippen LogP contribution in [0.5, 0.6) is 0 Å². The Kier molecular flexibility index (Phi) is 4.62. The number of ether oxygens (including phenoxy) is 1. The van der Waals surface area contributed by atoms with Gasteiger partial charge in [-0.2, -0.15) is 0 Å². The molecule has 2 heteroatoms. The summed E-state index contributed by atoms with van der Waals surface area (Å²) in [5.74, 6) is 0.731. The molecule has 0 bridgehead atoms. The van der Waals surface area contributed by atoms with Gasteiger partial charge in [0, 0.05) is 28.6 Å². The van der Waals surface area contributed by atoms with Gasteiger partial charge in [-0.25, -0.2) is 0 Å². The van der Waals surface area contributed by atoms with E-state index in [0.717, 1.165) is 44.9 Å². The predicted octanol–water partition coefficient (Wildman–Crippen LogP) is 12.8. The Morgan fingerprint density at radius 1 is 0.633 bits per heavy atom. The van der Waals surface area contributed by atoms with Gasteiger partial charge in [0.25, 0.3) is 0 Å². The predicted molar refractivity (Wildman–Crippen MR) is 244 cm³/mol. The minimum atomic E-state index is -0.129. The van der Waals surface area contributed by atoms with Crippen LogP contribution in [-0.2, 0) is 39.6 Å². The van der Waals surface area contributed by atoms with Gasteiger partial charge in [0.1, 0.15) is 0 Å². The number of allylic oxidation sites excluding steroid dienone is 2. The quantitative estimate of drug-likeness (QED) is 0.0703. The zero-order valence-corrected chi connectivity index (χ0v) is 34.0. The fraction of sp³-hybridized carbons (Fsp3) is 0.328. The second-order valence-electron chi connectivity index (χ2n) is 21.0. The third-order valence-electron chi connectivity index (χ3n) is 19.3. The summed E-state index contributed by atoms with van der Waals surface area (Å²) >= 11 is 0. The van der Waals surface area contributed by atoms with Gasteiger partial charge in [-0.05, 0) is 198 Å². The molecule has 5 atom stereocenters. The molecule has 0 N–H and O–H groups in total. The number of carbonyl (C=O) groups excluding carboxylic acids is 1. The molecule has 0 aromatic heterocycles. The van der Waals surface area contributed by atoms with E-state index in [-0.39, 0.29) is 22.2 Å². The average molecular weight is 771 g/mol. The fourth-order valence-corrected chi connectivity index (χ4v) is 18.3. The standard InChI is InChI=1S/C58H42O2/c1-2-3-4-5-6-10-16-60-36(59)14-11-15-56(33-12-8-7-9-13-33)57-34-23-31-21-28-17-26-19-30-20-27-18-29-22-32-24-35(25-34)58(56,57)55-43(32)47-40(29)38(27)45-41(30)44-37(26)39(28)46-42(31)54(57)52-50(46)48(44)49(45)51(47)53(52)55/h7-9,12-13,17,20-23,25,35,54H,2-6,10-11,14-16,18-19,24H2,1H3. The molecule has 1 saturated carbocycles. The van der Waals surface area contributed by atoms with Gasteiger partial charge in [-0.1, -0.05) is 99.7 Å². The Bertz CT molecular complexity index is 3880. The van der Waals surface area contributed by atoms with Gasteiger partial charge < -0.3 is 4.74 Å². The summed E-state index contributed by atoms with van der Waals surface area (Å²) in [6.07, 6.45) is 18.4. The summed E-state index contributed by atoms with van der Waals surface area (Å²) in [5.41, 5.74) is 15.8. The Hall–Kier alpha value is -5.47. The van der Waals surface area contributed by atoms with Crippen LogP contribution in [0.15, 0.2) is 66.2 Å². The minimum absolute atomic E-state index is 0.000777. The third kappa shape index (κ3) is 2.56. The summed E-state index contributed by atoms with van der Waals surface area (Å²) in [6, 6.07) is 22.5. The van der Waals surface area contributed by atoms with Gasteiger partial charge in [0.05, 0.1) is 6.61 Å². The van der Waals surface area contributed by atoms with Crippen molar-refractivity contribution < 1.29 is 9.53 Å². The largest absolute Gasteiger partial charge is 0.466 e. The van der Waals surface area contributed by atoms with Crippen LogP contribution in [0.1, 0.15) is 121 Å². The highest BCUT2D eigenvalue weighted by atomic mass is 16.5. The molecule has 8 aliphatic carbocycles. The first-order valence-electron chi connectivity index (χ1n) is 23.6. The van der Waals surface area contributed by atoms with Crippen LogP contribution in [0.4, 0.5) is 0 Å². The molecule has 2 spiro atoms. The second-order valence-corrected chi connectivity index (χ2v) is 21.0. The molecule has 10 aromatic rings. The maximum absolute atomic E-state index is 13.6. The van der Waals surface area contributed by atoms with Crippen LogP contribution < -0.4 is 5.22 Å². The van der Waals surface area contributed by atoms with Crippen LogP contribution in [0.25, 0.3) is 92.3 Å². The summed E-state index contributed by atoms with van der Waals surface area (Å²) < 4.78 is 5.99. The monoisotopic (exact) mass is 770 g/mol. The maximum atomic E-state index is 13.6. The second kappa shape index (κ2) is 9.08. The number of hydrogen-bond donors (Lipinski definition) is 0. The molecule has 0 radical (unpaired) electrons. The van der Waals surface area contributed by atoms with Crippen LogP contribution >= 0.6 is 0 Å². The molecule has 2 nitrogen and oxygen atoms in total. The summed E-state index contributed by atoms with van der Waals surface area (Å²) in [4.78, 5) is 13.6.